The number of aromatic nitrogens is 3. The summed E-state index contributed by atoms with van der Waals surface area (Å²) in [6, 6.07) is 11.2. The van der Waals surface area contributed by atoms with Gasteiger partial charge < -0.3 is 27.8 Å². The molecule has 1 aromatic carbocycles. The number of aliphatic hydroxyl groups is 1. The van der Waals surface area contributed by atoms with Crippen molar-refractivity contribution in [3.05, 3.63) is 66.1 Å². The Labute approximate surface area is 156 Å². The van der Waals surface area contributed by atoms with Gasteiger partial charge in [0.05, 0.1) is 25.0 Å². The van der Waals surface area contributed by atoms with Crippen molar-refractivity contribution < 1.29 is 26.7 Å². The van der Waals surface area contributed by atoms with E-state index in [9.17, 15) is 0 Å². The van der Waals surface area contributed by atoms with Crippen LogP contribution in [0, 0.1) is 0 Å². The maximum atomic E-state index is 9.03. The zero-order chi connectivity index (χ0) is 16.9. The number of nitrogens with two attached hydrogens (primary N) is 1. The highest BCUT2D eigenvalue weighted by molar-refractivity contribution is 5.56. The Balaban J connectivity index is 0.00000225. The minimum atomic E-state index is 0. The number of aryl methyl sites for hydroxylation is 1. The highest BCUT2D eigenvalue weighted by Gasteiger charge is 2.08. The van der Waals surface area contributed by atoms with Crippen LogP contribution in [0.1, 0.15) is 11.1 Å². The lowest BCUT2D eigenvalue weighted by Gasteiger charge is -2.03. The van der Waals surface area contributed by atoms with Crippen molar-refractivity contribution in [2.75, 3.05) is 5.73 Å². The summed E-state index contributed by atoms with van der Waals surface area (Å²) in [7, 11) is 1.97. The molecule has 3 aromatic rings. The Kier molecular flexibility index (Phi) is 6.37. The Morgan fingerprint density at radius 1 is 1.08 bits per heavy atom. The van der Waals surface area contributed by atoms with E-state index in [0.717, 1.165) is 11.1 Å². The minimum absolute atomic E-state index is 0. The molecule has 0 saturated heterocycles. The van der Waals surface area contributed by atoms with Crippen LogP contribution in [0.15, 0.2) is 65.2 Å². The molecule has 7 nitrogen and oxygen atoms in total. The number of halogens is 1. The zero-order valence-electron chi connectivity index (χ0n) is 13.7. The smallest absolute Gasteiger partial charge is 0.168 e. The highest BCUT2D eigenvalue weighted by atomic mass is 79.9. The third-order valence-electron chi connectivity index (χ3n) is 3.63. The van der Waals surface area contributed by atoms with Crippen LogP contribution in [-0.4, -0.2) is 14.9 Å². The molecule has 0 radical (unpaired) electrons. The van der Waals surface area contributed by atoms with Gasteiger partial charge in [-0.2, -0.15) is 10.2 Å². The Bertz CT molecular complexity index is 843. The standard InChI is InChI=1S/C17H19N6O.BrH/c1-22-8-6-13(7-9-22)11-23-17(18)16(10-19-23)21-20-15-4-2-14(12-24)3-5-15;/h2-10,24H,11-12,18H2,1H3;1H/q+1;/p-1. The molecule has 130 valence electrons. The van der Waals surface area contributed by atoms with Crippen molar-refractivity contribution >= 4 is 17.2 Å². The van der Waals surface area contributed by atoms with Crippen LogP contribution >= 0.6 is 0 Å². The fourth-order valence-electron chi connectivity index (χ4n) is 2.18. The third-order valence-corrected chi connectivity index (χ3v) is 3.63. The van der Waals surface area contributed by atoms with Crippen molar-refractivity contribution in [3.8, 4) is 0 Å². The molecule has 25 heavy (non-hydrogen) atoms. The zero-order valence-corrected chi connectivity index (χ0v) is 15.3. The normalized spacial score (nSPS) is 10.8. The lowest BCUT2D eigenvalue weighted by molar-refractivity contribution is -0.671. The van der Waals surface area contributed by atoms with Crippen molar-refractivity contribution in [2.24, 2.45) is 17.3 Å². The first kappa shape index (κ1) is 18.8. The molecular weight excluding hydrogens is 384 g/mol. The number of azo groups is 1. The van der Waals surface area contributed by atoms with Crippen LogP contribution in [0.3, 0.4) is 0 Å². The van der Waals surface area contributed by atoms with Crippen molar-refractivity contribution in [3.63, 3.8) is 0 Å². The summed E-state index contributed by atoms with van der Waals surface area (Å²) in [4.78, 5) is 0. The van der Waals surface area contributed by atoms with Gasteiger partial charge in [0.2, 0.25) is 0 Å². The first-order valence-corrected chi connectivity index (χ1v) is 7.52. The van der Waals surface area contributed by atoms with E-state index in [0.29, 0.717) is 23.7 Å². The molecule has 0 saturated carbocycles. The number of nitrogens with zero attached hydrogens (tertiary/aromatic N) is 5. The predicted octanol–water partition coefficient (Wildman–Crippen LogP) is -0.750. The second-order valence-corrected chi connectivity index (χ2v) is 5.47. The SMILES string of the molecule is C[n+]1ccc(Cn2ncc(N=Nc3ccc(CO)cc3)c2N)cc1.[Br-]. The summed E-state index contributed by atoms with van der Waals surface area (Å²) in [6.45, 7) is 0.585. The van der Waals surface area contributed by atoms with E-state index in [2.05, 4.69) is 15.3 Å². The summed E-state index contributed by atoms with van der Waals surface area (Å²) in [6.07, 6.45) is 5.56. The number of hydrogen-bond donors (Lipinski definition) is 2. The average molecular weight is 403 g/mol. The molecule has 0 spiro atoms. The molecule has 3 rings (SSSR count). The summed E-state index contributed by atoms with van der Waals surface area (Å²) < 4.78 is 3.66. The molecule has 0 atom stereocenters. The van der Waals surface area contributed by atoms with E-state index >= 15 is 0 Å². The van der Waals surface area contributed by atoms with E-state index in [-0.39, 0.29) is 23.6 Å². The maximum Gasteiger partial charge on any atom is 0.168 e. The number of rotatable bonds is 5. The number of nitrogen functional groups attached to an aromatic ring is 1. The molecule has 2 aromatic heterocycles. The summed E-state index contributed by atoms with van der Waals surface area (Å²) in [5.74, 6) is 0.471. The number of pyridine rings is 1. The van der Waals surface area contributed by atoms with Crippen LogP contribution in [0.5, 0.6) is 0 Å². The van der Waals surface area contributed by atoms with Gasteiger partial charge in [-0.15, -0.1) is 5.11 Å². The van der Waals surface area contributed by atoms with E-state index in [1.165, 1.54) is 0 Å². The second-order valence-electron chi connectivity index (χ2n) is 5.47. The van der Waals surface area contributed by atoms with E-state index < -0.39 is 0 Å². The minimum Gasteiger partial charge on any atom is -1.00 e. The van der Waals surface area contributed by atoms with Crippen LogP contribution in [0.2, 0.25) is 0 Å². The van der Waals surface area contributed by atoms with Gasteiger partial charge in [0.25, 0.3) is 0 Å². The molecule has 0 unspecified atom stereocenters. The van der Waals surface area contributed by atoms with Gasteiger partial charge in [-0.25, -0.2) is 9.25 Å². The average Bonchev–Trinajstić information content (AvgIpc) is 2.95. The van der Waals surface area contributed by atoms with Crippen LogP contribution in [0.25, 0.3) is 0 Å². The van der Waals surface area contributed by atoms with Crippen LogP contribution in [0.4, 0.5) is 17.2 Å². The molecule has 0 amide bonds. The molecular formula is C17H19BrN6O. The monoisotopic (exact) mass is 402 g/mol. The van der Waals surface area contributed by atoms with E-state index in [1.54, 1.807) is 35.1 Å². The topological polar surface area (TPSA) is 92.7 Å². The van der Waals surface area contributed by atoms with Crippen LogP contribution < -0.4 is 27.3 Å². The molecule has 3 N–H and O–H groups in total. The quantitative estimate of drug-likeness (QED) is 0.434. The fraction of sp³-hybridized carbons (Fsp3) is 0.176. The van der Waals surface area contributed by atoms with Crippen molar-refractivity contribution in [1.29, 1.82) is 0 Å². The highest BCUT2D eigenvalue weighted by Crippen LogP contribution is 2.24. The predicted molar refractivity (Wildman–Crippen MR) is 89.9 cm³/mol. The first-order chi connectivity index (χ1) is 11.7. The van der Waals surface area contributed by atoms with Crippen LogP contribution in [-0.2, 0) is 20.2 Å². The van der Waals surface area contributed by atoms with Gasteiger partial charge in [-0.3, -0.25) is 0 Å². The molecule has 0 bridgehead atoms. The fourth-order valence-corrected chi connectivity index (χ4v) is 2.18. The van der Waals surface area contributed by atoms with Gasteiger partial charge >= 0.3 is 0 Å². The number of anilines is 1. The van der Waals surface area contributed by atoms with Crippen molar-refractivity contribution in [2.45, 2.75) is 13.2 Å². The molecule has 0 aliphatic rings. The van der Waals surface area contributed by atoms with Gasteiger partial charge in [-0.05, 0) is 23.3 Å². The first-order valence-electron chi connectivity index (χ1n) is 7.52. The van der Waals surface area contributed by atoms with Gasteiger partial charge in [0.15, 0.2) is 12.4 Å². The summed E-state index contributed by atoms with van der Waals surface area (Å²) in [5.41, 5.74) is 9.25. The Morgan fingerprint density at radius 2 is 1.76 bits per heavy atom. The molecule has 0 aliphatic carbocycles. The Hall–Kier alpha value is -2.58. The second kappa shape index (κ2) is 8.50. The molecule has 0 fully saturated rings. The number of aliphatic hydroxyl groups excluding tert-OH is 1. The van der Waals surface area contributed by atoms with Gasteiger partial charge in [-0.1, -0.05) is 12.1 Å². The van der Waals surface area contributed by atoms with E-state index in [1.807, 2.05) is 36.1 Å². The number of benzene rings is 1. The van der Waals surface area contributed by atoms with Gasteiger partial charge in [0.1, 0.15) is 18.6 Å². The maximum absolute atomic E-state index is 9.03. The lowest BCUT2D eigenvalue weighted by atomic mass is 10.2. The lowest BCUT2D eigenvalue weighted by Crippen LogP contribution is -3.00. The molecule has 8 heteroatoms. The molecule has 0 aliphatic heterocycles. The van der Waals surface area contributed by atoms with E-state index in [4.69, 9.17) is 10.8 Å². The van der Waals surface area contributed by atoms with Gasteiger partial charge in [0, 0.05) is 12.1 Å². The molecule has 2 heterocycles. The number of hydrogen-bond acceptors (Lipinski definition) is 5. The Morgan fingerprint density at radius 3 is 2.40 bits per heavy atom. The van der Waals surface area contributed by atoms with Crippen molar-refractivity contribution in [1.82, 2.24) is 9.78 Å². The third kappa shape index (κ3) is 4.71. The largest absolute Gasteiger partial charge is 1.00 e. The summed E-state index contributed by atoms with van der Waals surface area (Å²) >= 11 is 0. The summed E-state index contributed by atoms with van der Waals surface area (Å²) in [5, 5.41) is 21.6.